The molecule has 0 unspecified atom stereocenters. The number of benzene rings is 1. The van der Waals surface area contributed by atoms with Gasteiger partial charge in [0.1, 0.15) is 0 Å². The molecule has 78 valence electrons. The van der Waals surface area contributed by atoms with Crippen molar-refractivity contribution < 1.29 is 0 Å². The zero-order valence-corrected chi connectivity index (χ0v) is 8.95. The average molecular weight is 202 g/mol. The predicted octanol–water partition coefficient (Wildman–Crippen LogP) is 1.31. The Morgan fingerprint density at radius 1 is 1.40 bits per heavy atom. The first-order valence-corrected chi connectivity index (χ1v) is 4.93. The molecule has 0 fully saturated rings. The lowest BCUT2D eigenvalue weighted by Crippen LogP contribution is -2.17. The second-order valence-electron chi connectivity index (χ2n) is 3.77. The highest BCUT2D eigenvalue weighted by atomic mass is 16.1. The van der Waals surface area contributed by atoms with Crippen LogP contribution in [0.4, 0.5) is 0 Å². The van der Waals surface area contributed by atoms with Gasteiger partial charge in [-0.2, -0.15) is 0 Å². The first-order valence-electron chi connectivity index (χ1n) is 4.93. The van der Waals surface area contributed by atoms with Crippen LogP contribution >= 0.6 is 0 Å². The van der Waals surface area contributed by atoms with E-state index in [1.54, 1.807) is 11.6 Å². The molecule has 1 aromatic carbocycles. The third kappa shape index (κ3) is 1.45. The molecule has 0 saturated carbocycles. The van der Waals surface area contributed by atoms with Crippen LogP contribution in [-0.4, -0.2) is 4.57 Å². The van der Waals surface area contributed by atoms with E-state index in [2.05, 4.69) is 0 Å². The minimum absolute atomic E-state index is 0.0332. The minimum atomic E-state index is 0.0332. The van der Waals surface area contributed by atoms with Gasteiger partial charge in [-0.25, -0.2) is 0 Å². The van der Waals surface area contributed by atoms with Crippen LogP contribution in [0.15, 0.2) is 29.2 Å². The van der Waals surface area contributed by atoms with E-state index in [1.165, 1.54) is 0 Å². The van der Waals surface area contributed by atoms with Crippen molar-refractivity contribution in [2.75, 3.05) is 0 Å². The van der Waals surface area contributed by atoms with Crippen LogP contribution in [0, 0.1) is 6.92 Å². The summed E-state index contributed by atoms with van der Waals surface area (Å²) in [6.45, 7) is 2.46. The molecule has 0 aliphatic rings. The smallest absolute Gasteiger partial charge is 0.258 e. The topological polar surface area (TPSA) is 48.0 Å². The van der Waals surface area contributed by atoms with Crippen LogP contribution in [0.25, 0.3) is 10.8 Å². The molecule has 1 heterocycles. The fourth-order valence-corrected chi connectivity index (χ4v) is 2.02. The molecule has 2 aromatic rings. The van der Waals surface area contributed by atoms with Gasteiger partial charge in [0.25, 0.3) is 5.56 Å². The summed E-state index contributed by atoms with van der Waals surface area (Å²) in [6.07, 6.45) is 1.85. The zero-order chi connectivity index (χ0) is 11.0. The van der Waals surface area contributed by atoms with Crippen molar-refractivity contribution in [2.24, 2.45) is 12.8 Å². The van der Waals surface area contributed by atoms with Crippen molar-refractivity contribution in [3.8, 4) is 0 Å². The average Bonchev–Trinajstić information content (AvgIpc) is 2.25. The number of aryl methyl sites for hydroxylation is 2. The van der Waals surface area contributed by atoms with Crippen LogP contribution < -0.4 is 11.3 Å². The molecule has 2 rings (SSSR count). The quantitative estimate of drug-likeness (QED) is 0.757. The van der Waals surface area contributed by atoms with Crippen molar-refractivity contribution >= 4 is 10.8 Å². The first-order chi connectivity index (χ1) is 7.15. The monoisotopic (exact) mass is 202 g/mol. The van der Waals surface area contributed by atoms with Crippen molar-refractivity contribution in [1.82, 2.24) is 4.57 Å². The molecule has 0 saturated heterocycles. The Kier molecular flexibility index (Phi) is 2.32. The molecule has 2 N–H and O–H groups in total. The van der Waals surface area contributed by atoms with Gasteiger partial charge in [0.05, 0.1) is 0 Å². The van der Waals surface area contributed by atoms with E-state index >= 15 is 0 Å². The second-order valence-corrected chi connectivity index (χ2v) is 3.77. The van der Waals surface area contributed by atoms with E-state index in [9.17, 15) is 4.79 Å². The lowest BCUT2D eigenvalue weighted by atomic mass is 10.0. The van der Waals surface area contributed by atoms with E-state index in [4.69, 9.17) is 5.73 Å². The van der Waals surface area contributed by atoms with E-state index in [1.807, 2.05) is 31.3 Å². The SMILES string of the molecule is Cc1cn(C)c(=O)c2cccc(CN)c12. The van der Waals surface area contributed by atoms with Gasteiger partial charge in [0, 0.05) is 25.2 Å². The maximum absolute atomic E-state index is 11.9. The lowest BCUT2D eigenvalue weighted by Gasteiger charge is -2.09. The lowest BCUT2D eigenvalue weighted by molar-refractivity contribution is 0.865. The van der Waals surface area contributed by atoms with Gasteiger partial charge in [-0.15, -0.1) is 0 Å². The van der Waals surface area contributed by atoms with E-state index in [0.29, 0.717) is 6.54 Å². The number of nitrogens with two attached hydrogens (primary N) is 1. The minimum Gasteiger partial charge on any atom is -0.326 e. The maximum atomic E-state index is 11.9. The van der Waals surface area contributed by atoms with Crippen LogP contribution in [-0.2, 0) is 13.6 Å². The largest absolute Gasteiger partial charge is 0.326 e. The third-order valence-corrected chi connectivity index (χ3v) is 2.70. The molecule has 0 bridgehead atoms. The van der Waals surface area contributed by atoms with Crippen LogP contribution in [0.5, 0.6) is 0 Å². The van der Waals surface area contributed by atoms with Crippen molar-refractivity contribution in [1.29, 1.82) is 0 Å². The van der Waals surface area contributed by atoms with Crippen LogP contribution in [0.2, 0.25) is 0 Å². The van der Waals surface area contributed by atoms with Crippen molar-refractivity contribution in [3.05, 3.63) is 45.9 Å². The number of hydrogen-bond acceptors (Lipinski definition) is 2. The molecular weight excluding hydrogens is 188 g/mol. The summed E-state index contributed by atoms with van der Waals surface area (Å²) in [6, 6.07) is 5.70. The summed E-state index contributed by atoms with van der Waals surface area (Å²) in [7, 11) is 1.77. The summed E-state index contributed by atoms with van der Waals surface area (Å²) < 4.78 is 1.61. The first kappa shape index (κ1) is 9.93. The number of hydrogen-bond donors (Lipinski definition) is 1. The van der Waals surface area contributed by atoms with E-state index in [0.717, 1.165) is 21.9 Å². The number of nitrogens with zero attached hydrogens (tertiary/aromatic N) is 1. The predicted molar refractivity (Wildman–Crippen MR) is 61.8 cm³/mol. The van der Waals surface area contributed by atoms with E-state index < -0.39 is 0 Å². The number of fused-ring (bicyclic) bond motifs is 1. The molecule has 15 heavy (non-hydrogen) atoms. The molecule has 1 aromatic heterocycles. The number of rotatable bonds is 1. The summed E-state index contributed by atoms with van der Waals surface area (Å²) in [5.74, 6) is 0. The van der Waals surface area contributed by atoms with Crippen molar-refractivity contribution in [2.45, 2.75) is 13.5 Å². The highest BCUT2D eigenvalue weighted by molar-refractivity contribution is 5.87. The molecule has 0 aliphatic carbocycles. The zero-order valence-electron chi connectivity index (χ0n) is 8.95. The van der Waals surface area contributed by atoms with Crippen molar-refractivity contribution in [3.63, 3.8) is 0 Å². The number of pyridine rings is 1. The summed E-state index contributed by atoms with van der Waals surface area (Å²) >= 11 is 0. The Hall–Kier alpha value is -1.61. The van der Waals surface area contributed by atoms with Crippen LogP contribution in [0.1, 0.15) is 11.1 Å². The Morgan fingerprint density at radius 2 is 2.13 bits per heavy atom. The fraction of sp³-hybridized carbons (Fsp3) is 0.250. The fourth-order valence-electron chi connectivity index (χ4n) is 2.02. The van der Waals surface area contributed by atoms with Gasteiger partial charge in [-0.1, -0.05) is 12.1 Å². The third-order valence-electron chi connectivity index (χ3n) is 2.70. The van der Waals surface area contributed by atoms with E-state index in [-0.39, 0.29) is 5.56 Å². The molecule has 3 heteroatoms. The maximum Gasteiger partial charge on any atom is 0.258 e. The molecule has 0 atom stereocenters. The molecule has 0 spiro atoms. The number of aromatic nitrogens is 1. The van der Waals surface area contributed by atoms with Gasteiger partial charge in [-0.05, 0) is 29.5 Å². The van der Waals surface area contributed by atoms with Gasteiger partial charge in [-0.3, -0.25) is 4.79 Å². The van der Waals surface area contributed by atoms with Crippen LogP contribution in [0.3, 0.4) is 0 Å². The standard InChI is InChI=1S/C12H14N2O/c1-8-7-14(2)12(15)10-5-3-4-9(6-13)11(8)10/h3-5,7H,6,13H2,1-2H3. The molecule has 3 nitrogen and oxygen atoms in total. The van der Waals surface area contributed by atoms with Gasteiger partial charge >= 0.3 is 0 Å². The van der Waals surface area contributed by atoms with Gasteiger partial charge in [0.2, 0.25) is 0 Å². The summed E-state index contributed by atoms with van der Waals surface area (Å²) in [4.78, 5) is 11.9. The highest BCUT2D eigenvalue weighted by Crippen LogP contribution is 2.19. The Morgan fingerprint density at radius 3 is 2.80 bits per heavy atom. The Bertz CT molecular complexity index is 570. The van der Waals surface area contributed by atoms with Gasteiger partial charge in [0.15, 0.2) is 0 Å². The summed E-state index contributed by atoms with van der Waals surface area (Å²) in [5.41, 5.74) is 7.82. The Balaban J connectivity index is 3.02. The molecule has 0 aliphatic heterocycles. The van der Waals surface area contributed by atoms with Gasteiger partial charge < -0.3 is 10.3 Å². The Labute approximate surface area is 88.1 Å². The normalized spacial score (nSPS) is 10.9. The second kappa shape index (κ2) is 3.51. The molecule has 0 radical (unpaired) electrons. The molecule has 0 amide bonds. The summed E-state index contributed by atoms with van der Waals surface area (Å²) in [5, 5.41) is 1.75. The molecular formula is C12H14N2O. The highest BCUT2D eigenvalue weighted by Gasteiger charge is 2.06.